The molecule has 5 aliphatic heterocycles. The van der Waals surface area contributed by atoms with E-state index in [9.17, 15) is 0 Å². The van der Waals surface area contributed by atoms with Gasteiger partial charge in [0.25, 0.3) is 0 Å². The van der Waals surface area contributed by atoms with Gasteiger partial charge in [-0.15, -0.1) is 0 Å². The summed E-state index contributed by atoms with van der Waals surface area (Å²) in [5.74, 6) is 1.06. The Morgan fingerprint density at radius 1 is 0.852 bits per heavy atom. The van der Waals surface area contributed by atoms with Crippen LogP contribution in [0.3, 0.4) is 0 Å². The van der Waals surface area contributed by atoms with E-state index in [1.807, 2.05) is 14.2 Å². The van der Waals surface area contributed by atoms with Crippen molar-refractivity contribution in [3.63, 3.8) is 0 Å². The number of rotatable bonds is 2. The zero-order chi connectivity index (χ0) is 17.8. The quantitative estimate of drug-likeness (QED) is 0.518. The van der Waals surface area contributed by atoms with Gasteiger partial charge in [-0.2, -0.15) is 0 Å². The molecule has 0 aromatic rings. The number of nitrogens with zero attached hydrogens (tertiary/aromatic N) is 1. The second kappa shape index (κ2) is 7.34. The molecule has 2 spiro atoms. The van der Waals surface area contributed by atoms with Crippen LogP contribution < -0.4 is 23.0 Å². The Balaban J connectivity index is 0.00000180. The molecule has 2 N–H and O–H groups in total. The molecule has 0 radical (unpaired) electrons. The van der Waals surface area contributed by atoms with Crippen LogP contribution in [0.4, 0.5) is 0 Å². The molecule has 5 heterocycles. The van der Waals surface area contributed by atoms with E-state index in [4.69, 9.17) is 18.9 Å². The van der Waals surface area contributed by atoms with Gasteiger partial charge in [-0.1, -0.05) is 0 Å². The van der Waals surface area contributed by atoms with Gasteiger partial charge in [-0.3, -0.25) is 4.58 Å². The van der Waals surface area contributed by atoms with Gasteiger partial charge in [-0.05, 0) is 25.7 Å². The maximum absolute atomic E-state index is 6.31. The summed E-state index contributed by atoms with van der Waals surface area (Å²) in [6.07, 6.45) is 8.71. The molecule has 1 unspecified atom stereocenters. The van der Waals surface area contributed by atoms with Gasteiger partial charge in [0.15, 0.2) is 11.4 Å². The minimum atomic E-state index is -0.293. The maximum Gasteiger partial charge on any atom is 0.351 e. The summed E-state index contributed by atoms with van der Waals surface area (Å²) in [6, 6.07) is 0.524. The molecule has 0 aliphatic carbocycles. The van der Waals surface area contributed by atoms with E-state index in [1.54, 1.807) is 0 Å². The zero-order valence-corrected chi connectivity index (χ0v) is 17.1. The molecule has 27 heavy (non-hydrogen) atoms. The van der Waals surface area contributed by atoms with Crippen LogP contribution in [0.15, 0.2) is 0 Å². The van der Waals surface area contributed by atoms with Crippen molar-refractivity contribution in [1.82, 2.24) is 10.6 Å². The van der Waals surface area contributed by atoms with Gasteiger partial charge in [-0.25, -0.2) is 10.6 Å². The van der Waals surface area contributed by atoms with Crippen LogP contribution in [-0.2, 0) is 18.9 Å². The van der Waals surface area contributed by atoms with E-state index in [2.05, 4.69) is 15.2 Å². The van der Waals surface area contributed by atoms with Crippen molar-refractivity contribution >= 4 is 5.96 Å². The molecular weight excluding hydrogens is 370 g/mol. The van der Waals surface area contributed by atoms with E-state index < -0.39 is 0 Å². The first kappa shape index (κ1) is 19.7. The van der Waals surface area contributed by atoms with Crippen molar-refractivity contribution in [2.24, 2.45) is 0 Å². The van der Waals surface area contributed by atoms with Crippen molar-refractivity contribution in [2.75, 3.05) is 27.4 Å². The smallest absolute Gasteiger partial charge is 0.351 e. The van der Waals surface area contributed by atoms with E-state index in [0.29, 0.717) is 0 Å². The Morgan fingerprint density at radius 3 is 1.70 bits per heavy atom. The third-order valence-corrected chi connectivity index (χ3v) is 7.08. The number of ether oxygens (including phenoxy) is 4. The predicted molar refractivity (Wildman–Crippen MR) is 95.0 cm³/mol. The van der Waals surface area contributed by atoms with Gasteiger partial charge in [0.1, 0.15) is 24.3 Å². The molecule has 0 amide bonds. The lowest BCUT2D eigenvalue weighted by molar-refractivity contribution is -0.609. The fraction of sp³-hybridized carbons (Fsp3) is 0.947. The zero-order valence-electron chi connectivity index (χ0n) is 16.3. The third-order valence-electron chi connectivity index (χ3n) is 7.08. The lowest BCUT2D eigenvalue weighted by atomic mass is 9.91. The Kier molecular flexibility index (Phi) is 5.35. The van der Waals surface area contributed by atoms with Crippen LogP contribution in [0, 0.1) is 0 Å². The summed E-state index contributed by atoms with van der Waals surface area (Å²) < 4.78 is 27.0. The van der Waals surface area contributed by atoms with Gasteiger partial charge in [0, 0.05) is 39.9 Å². The van der Waals surface area contributed by atoms with Crippen molar-refractivity contribution in [3.8, 4) is 0 Å². The Bertz CT molecular complexity index is 542. The van der Waals surface area contributed by atoms with Crippen LogP contribution in [0.1, 0.15) is 51.4 Å². The largest absolute Gasteiger partial charge is 1.00 e. The molecule has 0 aromatic carbocycles. The fourth-order valence-corrected chi connectivity index (χ4v) is 5.94. The highest BCUT2D eigenvalue weighted by molar-refractivity contribution is 5.77. The standard InChI is InChI=1S/C19H31N3O4.ClH/c1-23-15-13-11-18(7-3-5-9-25-18)20-17-21-19(8-4-6-10-26-19)12-14(22(13)17)16(15)24-2;/h13-16H,3-12H2,1-2H3,(H,20,21);1H/t13-,14-,15-,16-,18+,19?;/m0./s1. The molecule has 5 aliphatic rings. The Labute approximate surface area is 167 Å². The number of hydrogen-bond acceptors (Lipinski definition) is 6. The lowest BCUT2D eigenvalue weighted by Crippen LogP contribution is -3.00. The minimum Gasteiger partial charge on any atom is -1.00 e. The Morgan fingerprint density at radius 2 is 1.33 bits per heavy atom. The lowest BCUT2D eigenvalue weighted by Gasteiger charge is -2.47. The minimum absolute atomic E-state index is 0. The average Bonchev–Trinajstić information content (AvgIpc) is 2.95. The van der Waals surface area contributed by atoms with Crippen LogP contribution in [0.2, 0.25) is 0 Å². The molecule has 8 heteroatoms. The topological polar surface area (TPSA) is 64.0 Å². The van der Waals surface area contributed by atoms with Crippen molar-refractivity contribution in [1.29, 1.82) is 0 Å². The summed E-state index contributed by atoms with van der Waals surface area (Å²) in [6.45, 7) is 1.65. The van der Waals surface area contributed by atoms with Gasteiger partial charge in [0.2, 0.25) is 0 Å². The number of nitrogens with one attached hydrogen (secondary N) is 2. The number of guanidine groups is 1. The van der Waals surface area contributed by atoms with Gasteiger partial charge >= 0.3 is 5.96 Å². The van der Waals surface area contributed by atoms with Crippen LogP contribution in [0.25, 0.3) is 0 Å². The highest BCUT2D eigenvalue weighted by atomic mass is 35.5. The molecule has 7 nitrogen and oxygen atoms in total. The monoisotopic (exact) mass is 401 g/mol. The normalized spacial score (nSPS) is 45.9. The Hall–Kier alpha value is -0.600. The number of hydrogen-bond donors (Lipinski definition) is 2. The molecular formula is C19H32ClN3O4. The van der Waals surface area contributed by atoms with Gasteiger partial charge in [0.05, 0.1) is 13.2 Å². The molecule has 6 atom stereocenters. The summed E-state index contributed by atoms with van der Waals surface area (Å²) in [5, 5.41) is 7.50. The number of halogens is 1. The van der Waals surface area contributed by atoms with Crippen LogP contribution >= 0.6 is 0 Å². The van der Waals surface area contributed by atoms with E-state index >= 15 is 0 Å². The summed E-state index contributed by atoms with van der Waals surface area (Å²) in [7, 11) is 3.62. The van der Waals surface area contributed by atoms with Crippen molar-refractivity contribution < 1.29 is 35.9 Å². The van der Waals surface area contributed by atoms with E-state index in [0.717, 1.165) is 57.7 Å². The van der Waals surface area contributed by atoms with E-state index in [-0.39, 0.29) is 48.1 Å². The second-order valence-electron chi connectivity index (χ2n) is 8.55. The third kappa shape index (κ3) is 3.06. The SMILES string of the molecule is CO[C@@H]1[C@@H](OC)[C@@H]2C[C@]3(CCCCO3)NC3=[N+]2[C@H]1CC1(CCCCO1)N3.[Cl-]. The molecule has 0 saturated carbocycles. The number of methoxy groups -OCH3 is 2. The molecule has 154 valence electrons. The molecule has 3 fully saturated rings. The van der Waals surface area contributed by atoms with Crippen LogP contribution in [-0.4, -0.2) is 73.7 Å². The van der Waals surface area contributed by atoms with E-state index in [1.165, 1.54) is 12.8 Å². The van der Waals surface area contributed by atoms with Crippen molar-refractivity contribution in [3.05, 3.63) is 0 Å². The van der Waals surface area contributed by atoms with Crippen LogP contribution in [0.5, 0.6) is 0 Å². The fourth-order valence-electron chi connectivity index (χ4n) is 5.94. The highest BCUT2D eigenvalue weighted by Gasteiger charge is 2.63. The molecule has 3 saturated heterocycles. The average molecular weight is 402 g/mol. The second-order valence-corrected chi connectivity index (χ2v) is 8.55. The summed E-state index contributed by atoms with van der Waals surface area (Å²) in [4.78, 5) is 0. The van der Waals surface area contributed by atoms with Gasteiger partial charge < -0.3 is 31.4 Å². The maximum atomic E-state index is 6.31. The molecule has 0 bridgehead atoms. The first-order chi connectivity index (χ1) is 12.7. The molecule has 0 aromatic heterocycles. The molecule has 5 rings (SSSR count). The highest BCUT2D eigenvalue weighted by Crippen LogP contribution is 2.43. The summed E-state index contributed by atoms with van der Waals surface area (Å²) in [5.41, 5.74) is -0.585. The first-order valence-corrected chi connectivity index (χ1v) is 10.2. The predicted octanol–water partition coefficient (Wildman–Crippen LogP) is -2.08. The first-order valence-electron chi connectivity index (χ1n) is 10.2. The van der Waals surface area contributed by atoms with Crippen molar-refractivity contribution in [2.45, 2.75) is 87.1 Å². The summed E-state index contributed by atoms with van der Waals surface area (Å²) >= 11 is 0.